The second kappa shape index (κ2) is 5.19. The Balaban J connectivity index is 2.88. The van der Waals surface area contributed by atoms with Gasteiger partial charge in [0.15, 0.2) is 0 Å². The molecule has 0 bridgehead atoms. The number of hydrogen-bond donors (Lipinski definition) is 1. The molecule has 0 fully saturated rings. The first-order valence-electron chi connectivity index (χ1n) is 3.99. The van der Waals surface area contributed by atoms with Gasteiger partial charge in [-0.15, -0.1) is 0 Å². The molecule has 0 saturated heterocycles. The van der Waals surface area contributed by atoms with Gasteiger partial charge in [0.1, 0.15) is 0 Å². The molecule has 0 radical (unpaired) electrons. The van der Waals surface area contributed by atoms with E-state index in [1.165, 1.54) is 0 Å². The largest absolute Gasteiger partial charge is 0.324 e. The SMILES string of the molecule is N[C@@H](CC(F)F)c1cc(Br)ccc1Br. The van der Waals surface area contributed by atoms with Gasteiger partial charge in [0.25, 0.3) is 0 Å². The summed E-state index contributed by atoms with van der Waals surface area (Å²) in [6.45, 7) is 0. The maximum Gasteiger partial charge on any atom is 0.240 e. The van der Waals surface area contributed by atoms with E-state index in [4.69, 9.17) is 5.73 Å². The topological polar surface area (TPSA) is 26.0 Å². The highest BCUT2D eigenvalue weighted by molar-refractivity contribution is 9.11. The first kappa shape index (κ1) is 12.1. The summed E-state index contributed by atoms with van der Waals surface area (Å²) < 4.78 is 25.8. The molecule has 1 nitrogen and oxygen atoms in total. The van der Waals surface area contributed by atoms with Crippen molar-refractivity contribution in [1.29, 1.82) is 0 Å². The molecule has 1 rings (SSSR count). The molecule has 78 valence electrons. The van der Waals surface area contributed by atoms with Gasteiger partial charge in [-0.1, -0.05) is 31.9 Å². The minimum atomic E-state index is -2.38. The average molecular weight is 329 g/mol. The lowest BCUT2D eigenvalue weighted by Crippen LogP contribution is -2.14. The molecule has 1 atom stereocenters. The summed E-state index contributed by atoms with van der Waals surface area (Å²) in [5.41, 5.74) is 6.33. The van der Waals surface area contributed by atoms with Crippen molar-refractivity contribution in [2.75, 3.05) is 0 Å². The normalized spacial score (nSPS) is 13.3. The van der Waals surface area contributed by atoms with Crippen LogP contribution in [-0.2, 0) is 0 Å². The van der Waals surface area contributed by atoms with E-state index in [-0.39, 0.29) is 6.42 Å². The molecule has 5 heteroatoms. The van der Waals surface area contributed by atoms with Gasteiger partial charge in [0.05, 0.1) is 0 Å². The molecule has 0 spiro atoms. The molecule has 0 amide bonds. The summed E-state index contributed by atoms with van der Waals surface area (Å²) in [4.78, 5) is 0. The Labute approximate surface area is 97.9 Å². The third kappa shape index (κ3) is 3.29. The molecule has 2 N–H and O–H groups in total. The van der Waals surface area contributed by atoms with Gasteiger partial charge in [-0.3, -0.25) is 0 Å². The van der Waals surface area contributed by atoms with E-state index in [2.05, 4.69) is 31.9 Å². The third-order valence-corrected chi connectivity index (χ3v) is 3.01. The molecule has 0 aliphatic rings. The van der Waals surface area contributed by atoms with Gasteiger partial charge in [-0.25, -0.2) is 8.78 Å². The Morgan fingerprint density at radius 2 is 1.93 bits per heavy atom. The molecule has 0 heterocycles. The minimum absolute atomic E-state index is 0.324. The lowest BCUT2D eigenvalue weighted by atomic mass is 10.1. The number of alkyl halides is 2. The maximum absolute atomic E-state index is 12.1. The Hall–Kier alpha value is -0.000000000000000111. The number of nitrogens with two attached hydrogens (primary N) is 1. The van der Waals surface area contributed by atoms with Crippen LogP contribution < -0.4 is 5.73 Å². The molecule has 1 aromatic carbocycles. The average Bonchev–Trinajstić information content (AvgIpc) is 2.08. The van der Waals surface area contributed by atoms with Crippen molar-refractivity contribution in [2.45, 2.75) is 18.9 Å². The van der Waals surface area contributed by atoms with E-state index in [1.807, 2.05) is 6.07 Å². The Kier molecular flexibility index (Phi) is 4.47. The maximum atomic E-state index is 12.1. The summed E-state index contributed by atoms with van der Waals surface area (Å²) >= 11 is 6.54. The fourth-order valence-corrected chi connectivity index (χ4v) is 2.04. The van der Waals surface area contributed by atoms with E-state index >= 15 is 0 Å². The first-order chi connectivity index (χ1) is 6.50. The van der Waals surface area contributed by atoms with Gasteiger partial charge >= 0.3 is 0 Å². The number of benzene rings is 1. The molecule has 1 aromatic rings. The van der Waals surface area contributed by atoms with E-state index in [0.717, 1.165) is 8.95 Å². The molecular weight excluding hydrogens is 320 g/mol. The van der Waals surface area contributed by atoms with Crippen LogP contribution in [0.2, 0.25) is 0 Å². The van der Waals surface area contributed by atoms with Gasteiger partial charge < -0.3 is 5.73 Å². The van der Waals surface area contributed by atoms with Crippen molar-refractivity contribution in [3.8, 4) is 0 Å². The van der Waals surface area contributed by atoms with Gasteiger partial charge in [0, 0.05) is 21.4 Å². The van der Waals surface area contributed by atoms with Crippen LogP contribution in [0.4, 0.5) is 8.78 Å². The lowest BCUT2D eigenvalue weighted by molar-refractivity contribution is 0.128. The van der Waals surface area contributed by atoms with Crippen LogP contribution >= 0.6 is 31.9 Å². The van der Waals surface area contributed by atoms with Crippen molar-refractivity contribution >= 4 is 31.9 Å². The fraction of sp³-hybridized carbons (Fsp3) is 0.333. The molecule has 14 heavy (non-hydrogen) atoms. The van der Waals surface area contributed by atoms with Crippen LogP contribution in [0.1, 0.15) is 18.0 Å². The van der Waals surface area contributed by atoms with Gasteiger partial charge in [0.2, 0.25) is 6.43 Å². The monoisotopic (exact) mass is 327 g/mol. The zero-order valence-electron chi connectivity index (χ0n) is 7.18. The summed E-state index contributed by atoms with van der Waals surface area (Å²) in [6.07, 6.45) is -2.70. The van der Waals surface area contributed by atoms with Crippen LogP contribution in [0.15, 0.2) is 27.1 Å². The molecular formula is C9H9Br2F2N. The highest BCUT2D eigenvalue weighted by Gasteiger charge is 2.15. The third-order valence-electron chi connectivity index (χ3n) is 1.79. The fourth-order valence-electron chi connectivity index (χ4n) is 1.12. The van der Waals surface area contributed by atoms with Crippen LogP contribution in [0.3, 0.4) is 0 Å². The van der Waals surface area contributed by atoms with E-state index < -0.39 is 12.5 Å². The molecule has 0 unspecified atom stereocenters. The van der Waals surface area contributed by atoms with E-state index in [9.17, 15) is 8.78 Å². The van der Waals surface area contributed by atoms with Crippen LogP contribution in [-0.4, -0.2) is 6.43 Å². The van der Waals surface area contributed by atoms with Crippen molar-refractivity contribution in [3.63, 3.8) is 0 Å². The molecule has 0 aliphatic heterocycles. The Morgan fingerprint density at radius 3 is 2.50 bits per heavy atom. The van der Waals surface area contributed by atoms with Crippen molar-refractivity contribution in [3.05, 3.63) is 32.7 Å². The number of rotatable bonds is 3. The predicted molar refractivity (Wildman–Crippen MR) is 59.4 cm³/mol. The molecule has 0 aliphatic carbocycles. The van der Waals surface area contributed by atoms with Crippen molar-refractivity contribution in [1.82, 2.24) is 0 Å². The van der Waals surface area contributed by atoms with Crippen LogP contribution in [0.25, 0.3) is 0 Å². The van der Waals surface area contributed by atoms with Gasteiger partial charge in [-0.2, -0.15) is 0 Å². The number of hydrogen-bond acceptors (Lipinski definition) is 1. The second-order valence-electron chi connectivity index (χ2n) is 2.90. The minimum Gasteiger partial charge on any atom is -0.324 e. The lowest BCUT2D eigenvalue weighted by Gasteiger charge is -2.13. The molecule has 0 saturated carbocycles. The highest BCUT2D eigenvalue weighted by atomic mass is 79.9. The predicted octanol–water partition coefficient (Wildman–Crippen LogP) is 3.87. The van der Waals surface area contributed by atoms with Crippen molar-refractivity contribution < 1.29 is 8.78 Å². The van der Waals surface area contributed by atoms with Crippen LogP contribution in [0, 0.1) is 0 Å². The second-order valence-corrected chi connectivity index (χ2v) is 4.67. The highest BCUT2D eigenvalue weighted by Crippen LogP contribution is 2.28. The molecule has 0 aromatic heterocycles. The summed E-state index contributed by atoms with van der Waals surface area (Å²) in [5, 5.41) is 0. The number of halogens is 4. The van der Waals surface area contributed by atoms with Gasteiger partial charge in [-0.05, 0) is 23.8 Å². The summed E-state index contributed by atoms with van der Waals surface area (Å²) in [7, 11) is 0. The summed E-state index contributed by atoms with van der Waals surface area (Å²) in [5.74, 6) is 0. The first-order valence-corrected chi connectivity index (χ1v) is 5.58. The summed E-state index contributed by atoms with van der Waals surface area (Å²) in [6, 6.07) is 4.71. The zero-order valence-corrected chi connectivity index (χ0v) is 10.4. The van der Waals surface area contributed by atoms with Crippen LogP contribution in [0.5, 0.6) is 0 Å². The Bertz CT molecular complexity index is 318. The van der Waals surface area contributed by atoms with Crippen molar-refractivity contribution in [2.24, 2.45) is 5.73 Å². The van der Waals surface area contributed by atoms with E-state index in [1.54, 1.807) is 12.1 Å². The smallest absolute Gasteiger partial charge is 0.240 e. The quantitative estimate of drug-likeness (QED) is 0.895. The Morgan fingerprint density at radius 1 is 1.29 bits per heavy atom. The zero-order chi connectivity index (χ0) is 10.7. The standard InChI is InChI=1S/C9H9Br2F2N/c10-5-1-2-7(11)6(3-5)8(14)4-9(12)13/h1-3,8-9H,4,14H2/t8-/m0/s1. The van der Waals surface area contributed by atoms with E-state index in [0.29, 0.717) is 5.56 Å².